The maximum Gasteiger partial charge on any atom is 0.256 e. The monoisotopic (exact) mass is 377 g/mol. The van der Waals surface area contributed by atoms with E-state index in [1.165, 1.54) is 0 Å². The first-order valence-electron chi connectivity index (χ1n) is 8.86. The lowest BCUT2D eigenvalue weighted by Crippen LogP contribution is -2.22. The van der Waals surface area contributed by atoms with Crippen molar-refractivity contribution in [3.05, 3.63) is 60.4 Å². The lowest BCUT2D eigenvalue weighted by atomic mass is 10.2. The zero-order valence-corrected chi connectivity index (χ0v) is 15.9. The molecule has 0 aliphatic carbocycles. The SMILES string of the molecule is CN(C)CCNc1nc(NC(=O)c2cccc(N)c2)cc(-c2ccncc2)n1. The van der Waals surface area contributed by atoms with Gasteiger partial charge in [-0.2, -0.15) is 4.98 Å². The Morgan fingerprint density at radius 2 is 1.89 bits per heavy atom. The second-order valence-corrected chi connectivity index (χ2v) is 6.51. The molecule has 3 aromatic rings. The molecule has 1 amide bonds. The van der Waals surface area contributed by atoms with Gasteiger partial charge in [0, 0.05) is 48.4 Å². The third kappa shape index (κ3) is 5.24. The van der Waals surface area contributed by atoms with Crippen LogP contribution < -0.4 is 16.4 Å². The Bertz CT molecular complexity index is 944. The van der Waals surface area contributed by atoms with Crippen LogP contribution in [0.5, 0.6) is 0 Å². The zero-order valence-electron chi connectivity index (χ0n) is 15.9. The number of anilines is 3. The Kier molecular flexibility index (Phi) is 6.13. The number of carbonyl (C=O) groups is 1. The number of amides is 1. The molecular weight excluding hydrogens is 354 g/mol. The normalized spacial score (nSPS) is 10.7. The lowest BCUT2D eigenvalue weighted by Gasteiger charge is -2.13. The van der Waals surface area contributed by atoms with Gasteiger partial charge in [-0.25, -0.2) is 4.98 Å². The topological polar surface area (TPSA) is 109 Å². The van der Waals surface area contributed by atoms with Crippen molar-refractivity contribution in [3.63, 3.8) is 0 Å². The standard InChI is InChI=1S/C20H23N7O/c1-27(2)11-10-23-20-24-17(14-6-8-22-9-7-14)13-18(26-20)25-19(28)15-4-3-5-16(21)12-15/h3-9,12-13H,10-11,21H2,1-2H3,(H2,23,24,25,26,28). The van der Waals surface area contributed by atoms with Crippen LogP contribution in [0, 0.1) is 0 Å². The number of likely N-dealkylation sites (N-methyl/N-ethyl adjacent to an activating group) is 1. The average molecular weight is 377 g/mol. The van der Waals surface area contributed by atoms with Gasteiger partial charge in [-0.15, -0.1) is 0 Å². The summed E-state index contributed by atoms with van der Waals surface area (Å²) in [5, 5.41) is 6.02. The number of hydrogen-bond acceptors (Lipinski definition) is 7. The average Bonchev–Trinajstić information content (AvgIpc) is 2.68. The highest BCUT2D eigenvalue weighted by atomic mass is 16.1. The number of aromatic nitrogens is 3. The molecule has 0 saturated carbocycles. The van der Waals surface area contributed by atoms with Crippen LogP contribution in [-0.4, -0.2) is 52.9 Å². The van der Waals surface area contributed by atoms with Gasteiger partial charge in [0.05, 0.1) is 5.69 Å². The first-order valence-corrected chi connectivity index (χ1v) is 8.86. The van der Waals surface area contributed by atoms with Gasteiger partial charge in [-0.3, -0.25) is 9.78 Å². The molecule has 0 aliphatic rings. The molecule has 0 fully saturated rings. The highest BCUT2D eigenvalue weighted by molar-refractivity contribution is 6.04. The number of nitrogens with two attached hydrogens (primary N) is 1. The van der Waals surface area contributed by atoms with Crippen LogP contribution in [-0.2, 0) is 0 Å². The van der Waals surface area contributed by atoms with Gasteiger partial charge < -0.3 is 21.3 Å². The molecule has 0 bridgehead atoms. The van der Waals surface area contributed by atoms with Crippen molar-refractivity contribution in [2.45, 2.75) is 0 Å². The van der Waals surface area contributed by atoms with Gasteiger partial charge in [0.15, 0.2) is 0 Å². The maximum absolute atomic E-state index is 12.6. The van der Waals surface area contributed by atoms with Crippen molar-refractivity contribution >= 4 is 23.4 Å². The van der Waals surface area contributed by atoms with Gasteiger partial charge in [-0.05, 0) is 44.4 Å². The van der Waals surface area contributed by atoms with E-state index in [1.54, 1.807) is 42.7 Å². The first kappa shape index (κ1) is 19.2. The van der Waals surface area contributed by atoms with Crippen LogP contribution in [0.2, 0.25) is 0 Å². The van der Waals surface area contributed by atoms with E-state index in [-0.39, 0.29) is 5.91 Å². The largest absolute Gasteiger partial charge is 0.399 e. The number of benzene rings is 1. The van der Waals surface area contributed by atoms with E-state index in [2.05, 4.69) is 30.5 Å². The molecule has 3 rings (SSSR count). The molecule has 2 heterocycles. The number of nitrogens with one attached hydrogen (secondary N) is 2. The van der Waals surface area contributed by atoms with Crippen molar-refractivity contribution in [1.82, 2.24) is 19.9 Å². The molecule has 4 N–H and O–H groups in total. The molecule has 2 aromatic heterocycles. The van der Waals surface area contributed by atoms with Gasteiger partial charge >= 0.3 is 0 Å². The van der Waals surface area contributed by atoms with Crippen molar-refractivity contribution < 1.29 is 4.79 Å². The summed E-state index contributed by atoms with van der Waals surface area (Å²) in [6, 6.07) is 12.2. The van der Waals surface area contributed by atoms with E-state index in [0.29, 0.717) is 35.3 Å². The van der Waals surface area contributed by atoms with Crippen LogP contribution in [0.15, 0.2) is 54.9 Å². The van der Waals surface area contributed by atoms with Gasteiger partial charge in [0.1, 0.15) is 5.82 Å². The minimum absolute atomic E-state index is 0.286. The van der Waals surface area contributed by atoms with Gasteiger partial charge in [-0.1, -0.05) is 6.07 Å². The molecule has 1 aromatic carbocycles. The Morgan fingerprint density at radius 3 is 2.61 bits per heavy atom. The smallest absolute Gasteiger partial charge is 0.256 e. The van der Waals surface area contributed by atoms with Crippen LogP contribution in [0.3, 0.4) is 0 Å². The Morgan fingerprint density at radius 1 is 1.11 bits per heavy atom. The second-order valence-electron chi connectivity index (χ2n) is 6.51. The summed E-state index contributed by atoms with van der Waals surface area (Å²) >= 11 is 0. The Hall–Kier alpha value is -3.52. The van der Waals surface area contributed by atoms with E-state index in [9.17, 15) is 4.79 Å². The maximum atomic E-state index is 12.6. The molecule has 0 radical (unpaired) electrons. The summed E-state index contributed by atoms with van der Waals surface area (Å²) in [7, 11) is 3.99. The minimum atomic E-state index is -0.286. The fraction of sp³-hybridized carbons (Fsp3) is 0.200. The second kappa shape index (κ2) is 8.92. The van der Waals surface area contributed by atoms with Gasteiger partial charge in [0.2, 0.25) is 5.95 Å². The molecule has 8 nitrogen and oxygen atoms in total. The quantitative estimate of drug-likeness (QED) is 0.542. The zero-order chi connectivity index (χ0) is 19.9. The van der Waals surface area contributed by atoms with Crippen LogP contribution in [0.4, 0.5) is 17.5 Å². The molecule has 0 unspecified atom stereocenters. The Balaban J connectivity index is 1.87. The molecule has 144 valence electrons. The van der Waals surface area contributed by atoms with E-state index in [4.69, 9.17) is 5.73 Å². The van der Waals surface area contributed by atoms with Crippen molar-refractivity contribution in [2.75, 3.05) is 43.6 Å². The summed E-state index contributed by atoms with van der Waals surface area (Å²) in [5.74, 6) is 0.562. The summed E-state index contributed by atoms with van der Waals surface area (Å²) in [6.45, 7) is 1.50. The molecule has 0 atom stereocenters. The molecule has 28 heavy (non-hydrogen) atoms. The fourth-order valence-electron chi connectivity index (χ4n) is 2.52. The number of nitrogens with zero attached hydrogens (tertiary/aromatic N) is 4. The predicted molar refractivity (Wildman–Crippen MR) is 111 cm³/mol. The van der Waals surface area contributed by atoms with Crippen LogP contribution in [0.1, 0.15) is 10.4 Å². The number of pyridine rings is 1. The molecule has 0 saturated heterocycles. The summed E-state index contributed by atoms with van der Waals surface area (Å²) in [4.78, 5) is 27.6. The lowest BCUT2D eigenvalue weighted by molar-refractivity contribution is 0.102. The molecule has 8 heteroatoms. The Labute approximate surface area is 163 Å². The van der Waals surface area contributed by atoms with Gasteiger partial charge in [0.25, 0.3) is 5.91 Å². The van der Waals surface area contributed by atoms with E-state index < -0.39 is 0 Å². The number of carbonyl (C=O) groups excluding carboxylic acids is 1. The summed E-state index contributed by atoms with van der Waals surface area (Å²) in [6.07, 6.45) is 3.39. The third-order valence-corrected chi connectivity index (χ3v) is 3.93. The van der Waals surface area contributed by atoms with E-state index >= 15 is 0 Å². The predicted octanol–water partition coefficient (Wildman–Crippen LogP) is 2.35. The first-order chi connectivity index (χ1) is 13.5. The van der Waals surface area contributed by atoms with Crippen LogP contribution in [0.25, 0.3) is 11.3 Å². The fourth-order valence-corrected chi connectivity index (χ4v) is 2.52. The minimum Gasteiger partial charge on any atom is -0.399 e. The summed E-state index contributed by atoms with van der Waals surface area (Å²) < 4.78 is 0. The molecule has 0 aliphatic heterocycles. The third-order valence-electron chi connectivity index (χ3n) is 3.93. The number of rotatable bonds is 7. The highest BCUT2D eigenvalue weighted by Gasteiger charge is 2.11. The van der Waals surface area contributed by atoms with Crippen LogP contribution >= 0.6 is 0 Å². The van der Waals surface area contributed by atoms with Crippen molar-refractivity contribution in [1.29, 1.82) is 0 Å². The summed E-state index contributed by atoms with van der Waals surface area (Å²) in [5.41, 5.74) is 8.33. The van der Waals surface area contributed by atoms with E-state index in [1.807, 2.05) is 26.2 Å². The number of nitrogen functional groups attached to an aromatic ring is 1. The van der Waals surface area contributed by atoms with Crippen molar-refractivity contribution in [3.8, 4) is 11.3 Å². The van der Waals surface area contributed by atoms with E-state index in [0.717, 1.165) is 12.1 Å². The number of hydrogen-bond donors (Lipinski definition) is 3. The molecular formula is C20H23N7O. The highest BCUT2D eigenvalue weighted by Crippen LogP contribution is 2.21. The van der Waals surface area contributed by atoms with Crippen molar-refractivity contribution in [2.24, 2.45) is 0 Å². The molecule has 0 spiro atoms.